The number of pyridine rings is 1. The molecular formula is C13H21N3O. The summed E-state index contributed by atoms with van der Waals surface area (Å²) < 4.78 is 0. The van der Waals surface area contributed by atoms with E-state index in [-0.39, 0.29) is 11.8 Å². The Kier molecular flexibility index (Phi) is 5.63. The molecule has 4 heteroatoms. The van der Waals surface area contributed by atoms with Crippen LogP contribution in [0.3, 0.4) is 0 Å². The molecule has 0 aromatic carbocycles. The summed E-state index contributed by atoms with van der Waals surface area (Å²) in [7, 11) is 0. The molecule has 4 nitrogen and oxygen atoms in total. The van der Waals surface area contributed by atoms with E-state index >= 15 is 0 Å². The zero-order valence-electron chi connectivity index (χ0n) is 10.6. The Labute approximate surface area is 103 Å². The summed E-state index contributed by atoms with van der Waals surface area (Å²) in [5, 5.41) is 2.92. The molecule has 0 aliphatic carbocycles. The molecule has 1 rings (SSSR count). The number of carbonyl (C=O) groups excluding carboxylic acids is 1. The van der Waals surface area contributed by atoms with Gasteiger partial charge in [0.05, 0.1) is 0 Å². The van der Waals surface area contributed by atoms with Gasteiger partial charge >= 0.3 is 0 Å². The summed E-state index contributed by atoms with van der Waals surface area (Å²) >= 11 is 0. The average molecular weight is 235 g/mol. The van der Waals surface area contributed by atoms with Crippen LogP contribution < -0.4 is 11.1 Å². The first kappa shape index (κ1) is 13.6. The van der Waals surface area contributed by atoms with Crippen molar-refractivity contribution in [3.63, 3.8) is 0 Å². The number of nitrogens with one attached hydrogen (secondary N) is 1. The number of hydrogen-bond acceptors (Lipinski definition) is 3. The molecule has 0 aliphatic rings. The predicted octanol–water partition coefficient (Wildman–Crippen LogP) is 1.38. The number of nitrogens with two attached hydrogens (primary N) is 1. The van der Waals surface area contributed by atoms with Crippen LogP contribution in [-0.4, -0.2) is 17.4 Å². The quantitative estimate of drug-likeness (QED) is 0.782. The van der Waals surface area contributed by atoms with Crippen LogP contribution in [0, 0.1) is 12.8 Å². The Morgan fingerprint density at radius 1 is 1.59 bits per heavy atom. The summed E-state index contributed by atoms with van der Waals surface area (Å²) in [5.74, 6) is 0.354. The fraction of sp³-hybridized carbons (Fsp3) is 0.538. The van der Waals surface area contributed by atoms with Crippen LogP contribution in [0.4, 0.5) is 0 Å². The van der Waals surface area contributed by atoms with Crippen molar-refractivity contribution in [3.8, 4) is 0 Å². The standard InChI is InChI=1S/C13H21N3O/c1-3-11(7-14)6-13(17)16-9-12-4-5-15-8-10(12)2/h4-5,8,11H,3,6-7,9,14H2,1-2H3,(H,16,17). The van der Waals surface area contributed by atoms with Gasteiger partial charge < -0.3 is 11.1 Å². The second kappa shape index (κ2) is 7.01. The first-order valence-corrected chi connectivity index (χ1v) is 6.03. The maximum Gasteiger partial charge on any atom is 0.220 e. The Morgan fingerprint density at radius 2 is 2.35 bits per heavy atom. The van der Waals surface area contributed by atoms with Crippen LogP contribution in [0.2, 0.25) is 0 Å². The molecule has 0 fully saturated rings. The summed E-state index contributed by atoms with van der Waals surface area (Å²) in [6.07, 6.45) is 4.99. The van der Waals surface area contributed by atoms with E-state index < -0.39 is 0 Å². The normalized spacial score (nSPS) is 12.2. The molecular weight excluding hydrogens is 214 g/mol. The van der Waals surface area contributed by atoms with Gasteiger partial charge in [0.25, 0.3) is 0 Å². The lowest BCUT2D eigenvalue weighted by atomic mass is 10.0. The van der Waals surface area contributed by atoms with Gasteiger partial charge in [0.1, 0.15) is 0 Å². The first-order valence-electron chi connectivity index (χ1n) is 6.03. The molecule has 94 valence electrons. The van der Waals surface area contributed by atoms with Crippen molar-refractivity contribution in [2.24, 2.45) is 11.7 Å². The molecule has 0 spiro atoms. The van der Waals surface area contributed by atoms with Crippen molar-refractivity contribution < 1.29 is 4.79 Å². The van der Waals surface area contributed by atoms with E-state index in [1.54, 1.807) is 12.4 Å². The lowest BCUT2D eigenvalue weighted by Crippen LogP contribution is -2.27. The number of rotatable bonds is 6. The van der Waals surface area contributed by atoms with E-state index in [9.17, 15) is 4.79 Å². The van der Waals surface area contributed by atoms with Crippen molar-refractivity contribution in [2.75, 3.05) is 6.54 Å². The number of carbonyl (C=O) groups is 1. The van der Waals surface area contributed by atoms with Crippen LogP contribution in [0.15, 0.2) is 18.5 Å². The van der Waals surface area contributed by atoms with E-state index in [1.165, 1.54) is 0 Å². The Hall–Kier alpha value is -1.42. The van der Waals surface area contributed by atoms with E-state index in [0.29, 0.717) is 19.5 Å². The third-order valence-electron chi connectivity index (χ3n) is 3.00. The Morgan fingerprint density at radius 3 is 2.94 bits per heavy atom. The van der Waals surface area contributed by atoms with Gasteiger partial charge in [-0.05, 0) is 36.6 Å². The monoisotopic (exact) mass is 235 g/mol. The lowest BCUT2D eigenvalue weighted by Gasteiger charge is -2.12. The minimum absolute atomic E-state index is 0.0681. The fourth-order valence-corrected chi connectivity index (χ4v) is 1.62. The highest BCUT2D eigenvalue weighted by Crippen LogP contribution is 2.07. The molecule has 0 radical (unpaired) electrons. The second-order valence-corrected chi connectivity index (χ2v) is 4.29. The molecule has 0 saturated carbocycles. The SMILES string of the molecule is CCC(CN)CC(=O)NCc1ccncc1C. The summed E-state index contributed by atoms with van der Waals surface area (Å²) in [6.45, 7) is 5.17. The molecule has 1 atom stereocenters. The van der Waals surface area contributed by atoms with Gasteiger partial charge in [-0.2, -0.15) is 0 Å². The smallest absolute Gasteiger partial charge is 0.220 e. The predicted molar refractivity (Wildman–Crippen MR) is 68.3 cm³/mol. The zero-order valence-corrected chi connectivity index (χ0v) is 10.6. The van der Waals surface area contributed by atoms with Crippen LogP contribution >= 0.6 is 0 Å². The molecule has 3 N–H and O–H groups in total. The van der Waals surface area contributed by atoms with Gasteiger partial charge in [0, 0.05) is 25.4 Å². The molecule has 0 saturated heterocycles. The van der Waals surface area contributed by atoms with Gasteiger partial charge in [-0.15, -0.1) is 0 Å². The van der Waals surface area contributed by atoms with Crippen molar-refractivity contribution in [1.82, 2.24) is 10.3 Å². The highest BCUT2D eigenvalue weighted by Gasteiger charge is 2.10. The Bertz CT molecular complexity index is 361. The molecule has 1 unspecified atom stereocenters. The van der Waals surface area contributed by atoms with Crippen LogP contribution in [-0.2, 0) is 11.3 Å². The first-order chi connectivity index (χ1) is 8.17. The average Bonchev–Trinajstić information content (AvgIpc) is 2.35. The van der Waals surface area contributed by atoms with Crippen LogP contribution in [0.1, 0.15) is 30.9 Å². The van der Waals surface area contributed by atoms with E-state index in [4.69, 9.17) is 5.73 Å². The van der Waals surface area contributed by atoms with Gasteiger partial charge in [-0.3, -0.25) is 9.78 Å². The largest absolute Gasteiger partial charge is 0.352 e. The van der Waals surface area contributed by atoms with E-state index in [2.05, 4.69) is 17.2 Å². The zero-order chi connectivity index (χ0) is 12.7. The number of amides is 1. The summed E-state index contributed by atoms with van der Waals surface area (Å²) in [5.41, 5.74) is 7.78. The van der Waals surface area contributed by atoms with Gasteiger partial charge in [0.2, 0.25) is 5.91 Å². The van der Waals surface area contributed by atoms with Crippen molar-refractivity contribution in [3.05, 3.63) is 29.6 Å². The number of aromatic nitrogens is 1. The molecule has 0 aliphatic heterocycles. The highest BCUT2D eigenvalue weighted by atomic mass is 16.1. The number of aryl methyl sites for hydroxylation is 1. The van der Waals surface area contributed by atoms with Gasteiger partial charge in [-0.25, -0.2) is 0 Å². The second-order valence-electron chi connectivity index (χ2n) is 4.29. The molecule has 0 bridgehead atoms. The lowest BCUT2D eigenvalue weighted by molar-refractivity contribution is -0.122. The maximum atomic E-state index is 11.7. The van der Waals surface area contributed by atoms with Crippen molar-refractivity contribution in [2.45, 2.75) is 33.2 Å². The maximum absolute atomic E-state index is 11.7. The minimum Gasteiger partial charge on any atom is -0.352 e. The van der Waals surface area contributed by atoms with Crippen LogP contribution in [0.5, 0.6) is 0 Å². The minimum atomic E-state index is 0.0681. The molecule has 1 amide bonds. The summed E-state index contributed by atoms with van der Waals surface area (Å²) in [4.78, 5) is 15.7. The molecule has 17 heavy (non-hydrogen) atoms. The van der Waals surface area contributed by atoms with Gasteiger partial charge in [0.15, 0.2) is 0 Å². The summed E-state index contributed by atoms with van der Waals surface area (Å²) in [6, 6.07) is 1.93. The van der Waals surface area contributed by atoms with Crippen LogP contribution in [0.25, 0.3) is 0 Å². The van der Waals surface area contributed by atoms with E-state index in [0.717, 1.165) is 17.5 Å². The third-order valence-corrected chi connectivity index (χ3v) is 3.00. The Balaban J connectivity index is 2.41. The van der Waals surface area contributed by atoms with Gasteiger partial charge in [-0.1, -0.05) is 13.3 Å². The topological polar surface area (TPSA) is 68.0 Å². The van der Waals surface area contributed by atoms with Crippen molar-refractivity contribution >= 4 is 5.91 Å². The van der Waals surface area contributed by atoms with Crippen molar-refractivity contribution in [1.29, 1.82) is 0 Å². The van der Waals surface area contributed by atoms with E-state index in [1.807, 2.05) is 13.0 Å². The number of hydrogen-bond donors (Lipinski definition) is 2. The molecule has 1 aromatic rings. The molecule has 1 aromatic heterocycles. The fourth-order valence-electron chi connectivity index (χ4n) is 1.62. The third kappa shape index (κ3) is 4.53. The number of nitrogens with zero attached hydrogens (tertiary/aromatic N) is 1. The molecule has 1 heterocycles. The highest BCUT2D eigenvalue weighted by molar-refractivity contribution is 5.76.